The highest BCUT2D eigenvalue weighted by Gasteiger charge is 2.14. The lowest BCUT2D eigenvalue weighted by Crippen LogP contribution is -2.06. The van der Waals surface area contributed by atoms with E-state index in [1.807, 2.05) is 6.92 Å². The maximum atomic E-state index is 11.1. The first kappa shape index (κ1) is 12.8. The number of aromatic carboxylic acids is 1. The molecule has 2 rings (SSSR count). The molecule has 2 aromatic rings. The van der Waals surface area contributed by atoms with Crippen molar-refractivity contribution in [1.82, 2.24) is 10.2 Å². The molecular weight excluding hydrogens is 270 g/mol. The molecule has 7 heteroatoms. The minimum Gasteiger partial charge on any atom is -0.478 e. The van der Waals surface area contributed by atoms with Crippen molar-refractivity contribution in [3.05, 3.63) is 34.3 Å². The number of aryl methyl sites for hydroxylation is 1. The van der Waals surface area contributed by atoms with Gasteiger partial charge >= 0.3 is 5.97 Å². The monoisotopic (exact) mass is 281 g/mol. The first-order valence-corrected chi connectivity index (χ1v) is 6.91. The molecule has 0 aliphatic carbocycles. The van der Waals surface area contributed by atoms with Gasteiger partial charge in [-0.1, -0.05) is 35.2 Å². The van der Waals surface area contributed by atoms with E-state index in [4.69, 9.17) is 10.8 Å². The van der Waals surface area contributed by atoms with Gasteiger partial charge in [-0.3, -0.25) is 0 Å². The SMILES string of the molecule is Cc1nnc(SCc2cccc(N)c2C(=O)O)s1. The van der Waals surface area contributed by atoms with E-state index < -0.39 is 5.97 Å². The summed E-state index contributed by atoms with van der Waals surface area (Å²) in [7, 11) is 0. The Morgan fingerprint density at radius 2 is 2.28 bits per heavy atom. The molecule has 0 amide bonds. The van der Waals surface area contributed by atoms with Gasteiger partial charge in [0.25, 0.3) is 0 Å². The maximum Gasteiger partial charge on any atom is 0.338 e. The average Bonchev–Trinajstić information content (AvgIpc) is 2.72. The number of carboxylic acid groups (broad SMARTS) is 1. The number of nitrogens with two attached hydrogens (primary N) is 1. The summed E-state index contributed by atoms with van der Waals surface area (Å²) in [6, 6.07) is 5.11. The van der Waals surface area contributed by atoms with E-state index in [9.17, 15) is 4.79 Å². The first-order valence-electron chi connectivity index (χ1n) is 5.11. The molecule has 0 bridgehead atoms. The van der Waals surface area contributed by atoms with Crippen LogP contribution in [0.25, 0.3) is 0 Å². The van der Waals surface area contributed by atoms with E-state index in [-0.39, 0.29) is 11.3 Å². The number of hydrogen-bond acceptors (Lipinski definition) is 6. The number of benzene rings is 1. The molecule has 1 heterocycles. The van der Waals surface area contributed by atoms with Crippen molar-refractivity contribution in [1.29, 1.82) is 0 Å². The molecule has 0 spiro atoms. The van der Waals surface area contributed by atoms with Crippen LogP contribution in [0.4, 0.5) is 5.69 Å². The lowest BCUT2D eigenvalue weighted by Gasteiger charge is -2.07. The predicted octanol–water partition coefficient (Wildman–Crippen LogP) is 2.42. The van der Waals surface area contributed by atoms with Gasteiger partial charge in [-0.2, -0.15) is 0 Å². The Kier molecular flexibility index (Phi) is 3.83. The molecule has 0 radical (unpaired) electrons. The van der Waals surface area contributed by atoms with Gasteiger partial charge < -0.3 is 10.8 Å². The third-order valence-electron chi connectivity index (χ3n) is 2.26. The molecule has 0 aliphatic heterocycles. The molecule has 0 saturated carbocycles. The fourth-order valence-electron chi connectivity index (χ4n) is 1.48. The maximum absolute atomic E-state index is 11.1. The summed E-state index contributed by atoms with van der Waals surface area (Å²) in [6.45, 7) is 1.88. The van der Waals surface area contributed by atoms with Crippen molar-refractivity contribution < 1.29 is 9.90 Å². The second-order valence-corrected chi connectivity index (χ2v) is 5.97. The Hall–Kier alpha value is -1.60. The Morgan fingerprint density at radius 1 is 1.50 bits per heavy atom. The molecular formula is C11H11N3O2S2. The summed E-state index contributed by atoms with van der Waals surface area (Å²) in [4.78, 5) is 11.1. The summed E-state index contributed by atoms with van der Waals surface area (Å²) in [6.07, 6.45) is 0. The van der Waals surface area contributed by atoms with Crippen molar-refractivity contribution in [2.75, 3.05) is 5.73 Å². The Balaban J connectivity index is 2.19. The summed E-state index contributed by atoms with van der Waals surface area (Å²) < 4.78 is 0.825. The molecule has 0 fully saturated rings. The van der Waals surface area contributed by atoms with E-state index >= 15 is 0 Å². The van der Waals surface area contributed by atoms with Gasteiger partial charge in [0, 0.05) is 11.4 Å². The van der Waals surface area contributed by atoms with Gasteiger partial charge in [0.15, 0.2) is 4.34 Å². The van der Waals surface area contributed by atoms with E-state index in [0.717, 1.165) is 9.35 Å². The van der Waals surface area contributed by atoms with Crippen LogP contribution in [0.5, 0.6) is 0 Å². The van der Waals surface area contributed by atoms with Crippen LogP contribution in [0.3, 0.4) is 0 Å². The second-order valence-electron chi connectivity index (χ2n) is 3.56. The Morgan fingerprint density at radius 3 is 2.89 bits per heavy atom. The number of anilines is 1. The van der Waals surface area contributed by atoms with Crippen LogP contribution in [-0.2, 0) is 5.75 Å². The largest absolute Gasteiger partial charge is 0.478 e. The highest BCUT2D eigenvalue weighted by molar-refractivity contribution is 8.00. The molecule has 1 aromatic heterocycles. The first-order chi connectivity index (χ1) is 8.58. The van der Waals surface area contributed by atoms with E-state index in [2.05, 4.69) is 10.2 Å². The number of rotatable bonds is 4. The highest BCUT2D eigenvalue weighted by atomic mass is 32.2. The number of nitrogens with zero attached hydrogens (tertiary/aromatic N) is 2. The van der Waals surface area contributed by atoms with Crippen LogP contribution in [-0.4, -0.2) is 21.3 Å². The van der Waals surface area contributed by atoms with E-state index in [0.29, 0.717) is 11.3 Å². The normalized spacial score (nSPS) is 10.5. The van der Waals surface area contributed by atoms with Crippen LogP contribution in [0.2, 0.25) is 0 Å². The van der Waals surface area contributed by atoms with Gasteiger partial charge in [0.05, 0.1) is 5.56 Å². The van der Waals surface area contributed by atoms with E-state index in [1.54, 1.807) is 18.2 Å². The summed E-state index contributed by atoms with van der Waals surface area (Å²) in [5.41, 5.74) is 6.83. The zero-order valence-electron chi connectivity index (χ0n) is 9.58. The van der Waals surface area contributed by atoms with Gasteiger partial charge in [-0.05, 0) is 18.6 Å². The van der Waals surface area contributed by atoms with E-state index in [1.165, 1.54) is 23.1 Å². The summed E-state index contributed by atoms with van der Waals surface area (Å²) in [5.74, 6) is -0.487. The lowest BCUT2D eigenvalue weighted by molar-refractivity contribution is 0.0697. The fourth-order valence-corrected chi connectivity index (χ4v) is 3.29. The average molecular weight is 281 g/mol. The van der Waals surface area contributed by atoms with Crippen LogP contribution in [0.1, 0.15) is 20.9 Å². The van der Waals surface area contributed by atoms with Crippen LogP contribution < -0.4 is 5.73 Å². The predicted molar refractivity (Wildman–Crippen MR) is 72.0 cm³/mol. The van der Waals surface area contributed by atoms with Crippen LogP contribution in [0, 0.1) is 6.92 Å². The third kappa shape index (κ3) is 2.80. The molecule has 5 nitrogen and oxygen atoms in total. The zero-order valence-corrected chi connectivity index (χ0v) is 11.2. The number of carbonyl (C=O) groups is 1. The standard InChI is InChI=1S/C11H11N3O2S2/c1-6-13-14-11(18-6)17-5-7-3-2-4-8(12)9(7)10(15)16/h2-4H,5,12H2,1H3,(H,15,16). The van der Waals surface area contributed by atoms with Gasteiger partial charge in [0.2, 0.25) is 0 Å². The van der Waals surface area contributed by atoms with Crippen molar-refractivity contribution in [2.45, 2.75) is 17.0 Å². The minimum atomic E-state index is -1.00. The Bertz CT molecular complexity index is 583. The summed E-state index contributed by atoms with van der Waals surface area (Å²) in [5, 5.41) is 17.9. The van der Waals surface area contributed by atoms with Crippen molar-refractivity contribution >= 4 is 34.8 Å². The third-order valence-corrected chi connectivity index (χ3v) is 4.28. The molecule has 0 saturated heterocycles. The van der Waals surface area contributed by atoms with Gasteiger partial charge in [-0.15, -0.1) is 10.2 Å². The number of nitrogen functional groups attached to an aromatic ring is 1. The van der Waals surface area contributed by atoms with Crippen molar-refractivity contribution in [3.63, 3.8) is 0 Å². The quantitative estimate of drug-likeness (QED) is 0.661. The van der Waals surface area contributed by atoms with Gasteiger partial charge in [0.1, 0.15) is 5.01 Å². The molecule has 0 unspecified atom stereocenters. The molecule has 94 valence electrons. The Labute approximate surface area is 112 Å². The second kappa shape index (κ2) is 5.36. The van der Waals surface area contributed by atoms with Gasteiger partial charge in [-0.25, -0.2) is 4.79 Å². The minimum absolute atomic E-state index is 0.172. The highest BCUT2D eigenvalue weighted by Crippen LogP contribution is 2.28. The van der Waals surface area contributed by atoms with Crippen molar-refractivity contribution in [2.24, 2.45) is 0 Å². The molecule has 0 atom stereocenters. The van der Waals surface area contributed by atoms with Crippen LogP contribution >= 0.6 is 23.1 Å². The number of hydrogen-bond donors (Lipinski definition) is 2. The number of aromatic nitrogens is 2. The smallest absolute Gasteiger partial charge is 0.338 e. The molecule has 3 N–H and O–H groups in total. The van der Waals surface area contributed by atoms with Crippen LogP contribution in [0.15, 0.2) is 22.5 Å². The molecule has 18 heavy (non-hydrogen) atoms. The number of thioether (sulfide) groups is 1. The molecule has 1 aromatic carbocycles. The summed E-state index contributed by atoms with van der Waals surface area (Å²) >= 11 is 2.95. The topological polar surface area (TPSA) is 89.1 Å². The lowest BCUT2D eigenvalue weighted by atomic mass is 10.1. The fraction of sp³-hybridized carbons (Fsp3) is 0.182. The zero-order chi connectivity index (χ0) is 13.1. The molecule has 0 aliphatic rings. The van der Waals surface area contributed by atoms with Crippen molar-refractivity contribution in [3.8, 4) is 0 Å². The number of carboxylic acids is 1.